The third-order valence-corrected chi connectivity index (χ3v) is 3.39. The molecule has 0 aliphatic rings. The van der Waals surface area contributed by atoms with Crippen LogP contribution in [0.3, 0.4) is 0 Å². The van der Waals surface area contributed by atoms with Crippen LogP contribution < -0.4 is 5.32 Å². The monoisotopic (exact) mass is 263 g/mol. The molecule has 0 saturated heterocycles. The Morgan fingerprint density at radius 3 is 2.78 bits per heavy atom. The molecular weight excluding hydrogens is 246 g/mol. The highest BCUT2D eigenvalue weighted by atomic mass is 32.2. The summed E-state index contributed by atoms with van der Waals surface area (Å²) in [4.78, 5) is 5.49. The molecule has 2 rings (SSSR count). The minimum absolute atomic E-state index is 0.511. The molecule has 0 radical (unpaired) electrons. The van der Waals surface area contributed by atoms with Crippen LogP contribution >= 0.6 is 11.8 Å². The van der Waals surface area contributed by atoms with Gasteiger partial charge >= 0.3 is 6.01 Å². The molecule has 0 bridgehead atoms. The fraction of sp³-hybridized carbons (Fsp3) is 0.385. The van der Waals surface area contributed by atoms with Crippen molar-refractivity contribution in [2.45, 2.75) is 30.9 Å². The average Bonchev–Trinajstić information content (AvgIpc) is 2.84. The fourth-order valence-electron chi connectivity index (χ4n) is 1.40. The molecule has 96 valence electrons. The van der Waals surface area contributed by atoms with Crippen molar-refractivity contribution in [3.63, 3.8) is 0 Å². The van der Waals surface area contributed by atoms with Crippen molar-refractivity contribution < 1.29 is 4.52 Å². The first-order valence-corrected chi connectivity index (χ1v) is 7.02. The van der Waals surface area contributed by atoms with Crippen LogP contribution in [0.1, 0.15) is 24.7 Å². The number of aromatic nitrogens is 2. The second kappa shape index (κ2) is 6.44. The maximum Gasteiger partial charge on any atom is 0.321 e. The van der Waals surface area contributed by atoms with Gasteiger partial charge in [0.2, 0.25) is 0 Å². The van der Waals surface area contributed by atoms with Crippen molar-refractivity contribution in [1.29, 1.82) is 0 Å². The lowest BCUT2D eigenvalue weighted by Crippen LogP contribution is -1.99. The van der Waals surface area contributed by atoms with Gasteiger partial charge < -0.3 is 9.84 Å². The molecule has 0 amide bonds. The van der Waals surface area contributed by atoms with E-state index < -0.39 is 0 Å². The van der Waals surface area contributed by atoms with Gasteiger partial charge in [0, 0.05) is 11.4 Å². The molecule has 0 spiro atoms. The zero-order valence-corrected chi connectivity index (χ0v) is 11.5. The quantitative estimate of drug-likeness (QED) is 0.808. The molecular formula is C13H17N3OS. The Morgan fingerprint density at radius 1 is 1.28 bits per heavy atom. The Balaban J connectivity index is 1.86. The lowest BCUT2D eigenvalue weighted by atomic mass is 10.2. The maximum absolute atomic E-state index is 5.09. The van der Waals surface area contributed by atoms with Gasteiger partial charge in [-0.25, -0.2) is 0 Å². The number of nitrogens with one attached hydrogen (secondary N) is 1. The van der Waals surface area contributed by atoms with Crippen molar-refractivity contribution in [2.75, 3.05) is 11.9 Å². The van der Waals surface area contributed by atoms with Crippen LogP contribution in [0.4, 0.5) is 6.01 Å². The lowest BCUT2D eigenvalue weighted by Gasteiger charge is -1.98. The van der Waals surface area contributed by atoms with Gasteiger partial charge in [0.1, 0.15) is 0 Å². The molecule has 0 atom stereocenters. The summed E-state index contributed by atoms with van der Waals surface area (Å²) >= 11 is 1.71. The molecule has 2 aromatic rings. The van der Waals surface area contributed by atoms with Gasteiger partial charge in [0.15, 0.2) is 5.82 Å². The van der Waals surface area contributed by atoms with E-state index >= 15 is 0 Å². The molecule has 5 heteroatoms. The summed E-state index contributed by atoms with van der Waals surface area (Å²) in [6.45, 7) is 5.03. The molecule has 18 heavy (non-hydrogen) atoms. The first kappa shape index (κ1) is 13.0. The summed E-state index contributed by atoms with van der Waals surface area (Å²) in [5, 5.41) is 7.00. The minimum Gasteiger partial charge on any atom is -0.338 e. The van der Waals surface area contributed by atoms with Gasteiger partial charge in [-0.2, -0.15) is 4.98 Å². The SMILES string of the molecule is CCCNc1nc(CSc2ccc(C)cc2)no1. The molecule has 0 fully saturated rings. The number of anilines is 1. The van der Waals surface area contributed by atoms with E-state index in [2.05, 4.69) is 53.6 Å². The Kier molecular flexibility index (Phi) is 4.64. The van der Waals surface area contributed by atoms with Crippen LogP contribution in [-0.4, -0.2) is 16.7 Å². The lowest BCUT2D eigenvalue weighted by molar-refractivity contribution is 0.425. The minimum atomic E-state index is 0.511. The van der Waals surface area contributed by atoms with Gasteiger partial charge in [0.25, 0.3) is 0 Å². The third-order valence-electron chi connectivity index (χ3n) is 2.38. The zero-order chi connectivity index (χ0) is 12.8. The molecule has 4 nitrogen and oxygen atoms in total. The van der Waals surface area contributed by atoms with Crippen LogP contribution in [0, 0.1) is 6.92 Å². The van der Waals surface area contributed by atoms with Gasteiger partial charge in [-0.3, -0.25) is 0 Å². The molecule has 0 unspecified atom stereocenters. The summed E-state index contributed by atoms with van der Waals surface area (Å²) in [7, 11) is 0. The molecule has 1 N–H and O–H groups in total. The Labute approximate surface area is 111 Å². The number of hydrogen-bond donors (Lipinski definition) is 1. The number of aryl methyl sites for hydroxylation is 1. The van der Waals surface area contributed by atoms with E-state index in [0.29, 0.717) is 6.01 Å². The highest BCUT2D eigenvalue weighted by molar-refractivity contribution is 7.98. The van der Waals surface area contributed by atoms with Gasteiger partial charge in [-0.15, -0.1) is 11.8 Å². The summed E-state index contributed by atoms with van der Waals surface area (Å²) in [5.41, 5.74) is 1.27. The highest BCUT2D eigenvalue weighted by Gasteiger charge is 2.05. The van der Waals surface area contributed by atoms with E-state index in [1.165, 1.54) is 10.5 Å². The molecule has 0 aliphatic heterocycles. The molecule has 0 saturated carbocycles. The molecule has 1 aromatic carbocycles. The largest absolute Gasteiger partial charge is 0.338 e. The first-order valence-electron chi connectivity index (χ1n) is 6.04. The smallest absolute Gasteiger partial charge is 0.321 e. The van der Waals surface area contributed by atoms with Crippen molar-refractivity contribution in [3.05, 3.63) is 35.7 Å². The summed E-state index contributed by atoms with van der Waals surface area (Å²) in [6, 6.07) is 8.93. The summed E-state index contributed by atoms with van der Waals surface area (Å²) < 4.78 is 5.09. The summed E-state index contributed by atoms with van der Waals surface area (Å²) in [5.74, 6) is 1.44. The summed E-state index contributed by atoms with van der Waals surface area (Å²) in [6.07, 6.45) is 1.04. The predicted octanol–water partition coefficient (Wildman–Crippen LogP) is 3.49. The maximum atomic E-state index is 5.09. The molecule has 1 aromatic heterocycles. The van der Waals surface area contributed by atoms with Crippen molar-refractivity contribution in [2.24, 2.45) is 0 Å². The third kappa shape index (κ3) is 3.77. The normalized spacial score (nSPS) is 10.6. The van der Waals surface area contributed by atoms with E-state index in [1.807, 2.05) is 0 Å². The van der Waals surface area contributed by atoms with Crippen molar-refractivity contribution in [1.82, 2.24) is 10.1 Å². The van der Waals surface area contributed by atoms with Crippen LogP contribution in [0.2, 0.25) is 0 Å². The van der Waals surface area contributed by atoms with E-state index in [9.17, 15) is 0 Å². The second-order valence-corrected chi connectivity index (χ2v) is 5.09. The fourth-order valence-corrected chi connectivity index (χ4v) is 2.14. The number of thioether (sulfide) groups is 1. The Morgan fingerprint density at radius 2 is 2.06 bits per heavy atom. The second-order valence-electron chi connectivity index (χ2n) is 4.04. The van der Waals surface area contributed by atoms with Crippen LogP contribution in [-0.2, 0) is 5.75 Å². The van der Waals surface area contributed by atoms with Crippen molar-refractivity contribution in [3.8, 4) is 0 Å². The average molecular weight is 263 g/mol. The number of nitrogens with zero attached hydrogens (tertiary/aromatic N) is 2. The molecule has 0 aliphatic carbocycles. The van der Waals surface area contributed by atoms with Gasteiger partial charge in [-0.05, 0) is 25.5 Å². The van der Waals surface area contributed by atoms with E-state index in [-0.39, 0.29) is 0 Å². The van der Waals surface area contributed by atoms with E-state index in [1.54, 1.807) is 11.8 Å². The topological polar surface area (TPSA) is 51.0 Å². The predicted molar refractivity (Wildman–Crippen MR) is 73.8 cm³/mol. The number of benzene rings is 1. The number of hydrogen-bond acceptors (Lipinski definition) is 5. The van der Waals surface area contributed by atoms with E-state index in [0.717, 1.165) is 24.5 Å². The zero-order valence-electron chi connectivity index (χ0n) is 10.6. The van der Waals surface area contributed by atoms with Crippen LogP contribution in [0.25, 0.3) is 0 Å². The standard InChI is InChI=1S/C13H17N3OS/c1-3-8-14-13-15-12(16-17-13)9-18-11-6-4-10(2)5-7-11/h4-7H,3,8-9H2,1-2H3,(H,14,15,16). The van der Waals surface area contributed by atoms with E-state index in [4.69, 9.17) is 4.52 Å². The first-order chi connectivity index (χ1) is 8.78. The Hall–Kier alpha value is -1.49. The molecule has 1 heterocycles. The van der Waals surface area contributed by atoms with Crippen LogP contribution in [0.15, 0.2) is 33.7 Å². The van der Waals surface area contributed by atoms with Crippen LogP contribution in [0.5, 0.6) is 0 Å². The van der Waals surface area contributed by atoms with Gasteiger partial charge in [0.05, 0.1) is 5.75 Å². The number of rotatable bonds is 6. The van der Waals surface area contributed by atoms with Gasteiger partial charge in [-0.1, -0.05) is 29.8 Å². The van der Waals surface area contributed by atoms with Crippen molar-refractivity contribution >= 4 is 17.8 Å². The Bertz CT molecular complexity index is 481. The highest BCUT2D eigenvalue weighted by Crippen LogP contribution is 2.22.